The summed E-state index contributed by atoms with van der Waals surface area (Å²) < 4.78 is 0. The van der Waals surface area contributed by atoms with Gasteiger partial charge in [-0.05, 0) is 29.7 Å². The van der Waals surface area contributed by atoms with Crippen molar-refractivity contribution in [2.24, 2.45) is 16.1 Å². The molecule has 1 aromatic carbocycles. The zero-order valence-corrected chi connectivity index (χ0v) is 10.9. The molecule has 1 aromatic rings. The van der Waals surface area contributed by atoms with Crippen molar-refractivity contribution in [2.45, 2.75) is 18.9 Å². The molecule has 6 heteroatoms. The summed E-state index contributed by atoms with van der Waals surface area (Å²) in [5, 5.41) is 10.5. The van der Waals surface area contributed by atoms with Crippen LogP contribution in [0.1, 0.15) is 23.6 Å². The number of hydrogen-bond acceptors (Lipinski definition) is 3. The van der Waals surface area contributed by atoms with Crippen LogP contribution in [0.3, 0.4) is 0 Å². The van der Waals surface area contributed by atoms with Crippen LogP contribution in [0, 0.1) is 5.92 Å². The Morgan fingerprint density at radius 1 is 1.42 bits per heavy atom. The number of amides is 2. The molecule has 2 amide bonds. The topological polar surface area (TPSA) is 70.9 Å². The van der Waals surface area contributed by atoms with E-state index in [9.17, 15) is 9.59 Å². The molecule has 2 unspecified atom stereocenters. The Morgan fingerprint density at radius 3 is 3.05 bits per heavy atom. The quantitative estimate of drug-likeness (QED) is 0.844. The number of azo groups is 1. The lowest BCUT2D eigenvalue weighted by atomic mass is 9.96. The number of benzene rings is 1. The monoisotopic (exact) mass is 277 g/mol. The average molecular weight is 278 g/mol. The number of hydrogen-bond donors (Lipinski definition) is 1. The van der Waals surface area contributed by atoms with E-state index in [1.54, 1.807) is 0 Å². The highest BCUT2D eigenvalue weighted by atomic mass is 35.5. The van der Waals surface area contributed by atoms with Crippen molar-refractivity contribution in [3.8, 4) is 0 Å². The molecule has 0 fully saturated rings. The van der Waals surface area contributed by atoms with Gasteiger partial charge in [0, 0.05) is 18.0 Å². The lowest BCUT2D eigenvalue weighted by Gasteiger charge is -2.17. The maximum Gasteiger partial charge on any atom is 0.264 e. The van der Waals surface area contributed by atoms with Crippen molar-refractivity contribution < 1.29 is 9.59 Å². The molecule has 0 radical (unpaired) electrons. The smallest absolute Gasteiger partial charge is 0.264 e. The predicted octanol–water partition coefficient (Wildman–Crippen LogP) is 2.46. The Morgan fingerprint density at radius 2 is 2.26 bits per heavy atom. The van der Waals surface area contributed by atoms with Gasteiger partial charge in [-0.25, -0.2) is 0 Å². The number of rotatable bonds is 2. The van der Waals surface area contributed by atoms with Gasteiger partial charge in [0.15, 0.2) is 0 Å². The largest absolute Gasteiger partial charge is 0.325 e. The Bertz CT molecular complexity index is 585. The van der Waals surface area contributed by atoms with E-state index in [-0.39, 0.29) is 29.7 Å². The van der Waals surface area contributed by atoms with Crippen LogP contribution in [0.15, 0.2) is 28.4 Å². The minimum absolute atomic E-state index is 0.00882. The highest BCUT2D eigenvalue weighted by Gasteiger charge is 2.36. The highest BCUT2D eigenvalue weighted by molar-refractivity contribution is 6.29. The molecule has 0 saturated carbocycles. The van der Waals surface area contributed by atoms with Crippen LogP contribution in [0.5, 0.6) is 0 Å². The number of alkyl halides is 1. The molecule has 1 N–H and O–H groups in total. The van der Waals surface area contributed by atoms with Crippen LogP contribution in [0.25, 0.3) is 0 Å². The number of nitrogens with one attached hydrogen (secondary N) is 1. The summed E-state index contributed by atoms with van der Waals surface area (Å²) in [5.41, 5.74) is 2.95. The molecular weight excluding hydrogens is 266 g/mol. The lowest BCUT2D eigenvalue weighted by Crippen LogP contribution is -2.14. The van der Waals surface area contributed by atoms with Crippen molar-refractivity contribution in [1.29, 1.82) is 0 Å². The Hall–Kier alpha value is -1.75. The van der Waals surface area contributed by atoms with Crippen LogP contribution in [-0.4, -0.2) is 17.7 Å². The second-order valence-corrected chi connectivity index (χ2v) is 5.09. The highest BCUT2D eigenvalue weighted by Crippen LogP contribution is 2.43. The van der Waals surface area contributed by atoms with E-state index in [1.807, 2.05) is 18.2 Å². The number of anilines is 1. The Kier molecular flexibility index (Phi) is 3.06. The summed E-state index contributed by atoms with van der Waals surface area (Å²) in [6, 6.07) is 5.69. The Balaban J connectivity index is 1.87. The molecule has 1 heterocycles. The number of fused-ring (bicyclic) bond motifs is 3. The molecular formula is C13H12ClN3O2. The number of halogens is 1. The first-order chi connectivity index (χ1) is 9.17. The summed E-state index contributed by atoms with van der Waals surface area (Å²) in [7, 11) is 0. The number of carbonyl (C=O) groups is 2. The minimum Gasteiger partial charge on any atom is -0.325 e. The fourth-order valence-electron chi connectivity index (χ4n) is 2.72. The summed E-state index contributed by atoms with van der Waals surface area (Å²) >= 11 is 5.46. The zero-order chi connectivity index (χ0) is 13.4. The fraction of sp³-hybridized carbons (Fsp3) is 0.385. The van der Waals surface area contributed by atoms with Crippen molar-refractivity contribution in [1.82, 2.24) is 0 Å². The second-order valence-electron chi connectivity index (χ2n) is 4.82. The van der Waals surface area contributed by atoms with Crippen LogP contribution < -0.4 is 5.32 Å². The first-order valence-corrected chi connectivity index (χ1v) is 6.63. The summed E-state index contributed by atoms with van der Waals surface area (Å²) in [4.78, 5) is 22.5. The van der Waals surface area contributed by atoms with Gasteiger partial charge in [0.05, 0.1) is 0 Å². The normalized spacial score (nSPS) is 23.9. The lowest BCUT2D eigenvalue weighted by molar-refractivity contribution is -0.120. The molecule has 2 atom stereocenters. The number of nitrogens with zero attached hydrogens (tertiary/aromatic N) is 2. The van der Waals surface area contributed by atoms with E-state index in [0.29, 0.717) is 6.42 Å². The van der Waals surface area contributed by atoms with Gasteiger partial charge in [0.2, 0.25) is 5.91 Å². The van der Waals surface area contributed by atoms with Crippen molar-refractivity contribution in [3.63, 3.8) is 0 Å². The van der Waals surface area contributed by atoms with Gasteiger partial charge < -0.3 is 5.32 Å². The first-order valence-electron chi connectivity index (χ1n) is 6.09. The summed E-state index contributed by atoms with van der Waals surface area (Å²) in [6.45, 7) is 0. The molecule has 0 bridgehead atoms. The maximum atomic E-state index is 11.3. The van der Waals surface area contributed by atoms with Gasteiger partial charge in [-0.1, -0.05) is 6.07 Å². The molecule has 0 saturated heterocycles. The Labute approximate surface area is 115 Å². The maximum absolute atomic E-state index is 11.3. The molecule has 0 spiro atoms. The minimum atomic E-state index is -0.230. The van der Waals surface area contributed by atoms with E-state index in [0.717, 1.165) is 23.2 Å². The predicted molar refractivity (Wildman–Crippen MR) is 70.2 cm³/mol. The third kappa shape index (κ3) is 2.26. The van der Waals surface area contributed by atoms with Crippen LogP contribution in [-0.2, 0) is 16.0 Å². The molecule has 1 aliphatic heterocycles. The summed E-state index contributed by atoms with van der Waals surface area (Å²) in [5.74, 6) is -0.235. The third-order valence-electron chi connectivity index (χ3n) is 3.53. The third-order valence-corrected chi connectivity index (χ3v) is 3.77. The number of carbonyl (C=O) groups excluding carboxylic acids is 2. The van der Waals surface area contributed by atoms with E-state index in [1.165, 1.54) is 0 Å². The van der Waals surface area contributed by atoms with E-state index in [2.05, 4.69) is 15.5 Å². The van der Waals surface area contributed by atoms with Crippen molar-refractivity contribution >= 4 is 29.1 Å². The van der Waals surface area contributed by atoms with Gasteiger partial charge in [-0.15, -0.1) is 16.7 Å². The van der Waals surface area contributed by atoms with Crippen LogP contribution in [0.4, 0.5) is 5.69 Å². The molecule has 3 rings (SSSR count). The van der Waals surface area contributed by atoms with Gasteiger partial charge in [-0.3, -0.25) is 9.59 Å². The van der Waals surface area contributed by atoms with Gasteiger partial charge in [0.25, 0.3) is 5.91 Å². The zero-order valence-electron chi connectivity index (χ0n) is 10.1. The molecule has 0 aromatic heterocycles. The standard InChI is InChI=1S/C13H12ClN3O2/c14-6-12(19)15-9-1-2-10-7(4-9)3-8-5-11(18)16-17-13(8)10/h1-2,4,8,13H,3,5-6H2,(H,15,19). The van der Waals surface area contributed by atoms with E-state index in [4.69, 9.17) is 11.6 Å². The second kappa shape index (κ2) is 4.74. The fourth-order valence-corrected chi connectivity index (χ4v) is 2.79. The van der Waals surface area contributed by atoms with Gasteiger partial charge in [-0.2, -0.15) is 5.11 Å². The van der Waals surface area contributed by atoms with Crippen LogP contribution >= 0.6 is 11.6 Å². The van der Waals surface area contributed by atoms with Crippen molar-refractivity contribution in [2.75, 3.05) is 11.2 Å². The summed E-state index contributed by atoms with van der Waals surface area (Å²) in [6.07, 6.45) is 1.25. The van der Waals surface area contributed by atoms with Gasteiger partial charge >= 0.3 is 0 Å². The SMILES string of the molecule is O=C1CC2Cc3cc(NC(=O)CCl)ccc3C2N=N1. The molecule has 5 nitrogen and oxygen atoms in total. The molecule has 19 heavy (non-hydrogen) atoms. The van der Waals surface area contributed by atoms with Gasteiger partial charge in [0.1, 0.15) is 11.9 Å². The molecule has 1 aliphatic carbocycles. The first kappa shape index (κ1) is 12.3. The van der Waals surface area contributed by atoms with Crippen molar-refractivity contribution in [3.05, 3.63) is 29.3 Å². The van der Waals surface area contributed by atoms with E-state index < -0.39 is 0 Å². The molecule has 2 aliphatic rings. The van der Waals surface area contributed by atoms with Crippen LogP contribution in [0.2, 0.25) is 0 Å². The van der Waals surface area contributed by atoms with E-state index >= 15 is 0 Å². The molecule has 98 valence electrons. The average Bonchev–Trinajstić information content (AvgIpc) is 2.74.